The largest absolute Gasteiger partial charge is 0.507 e. The number of para-hydroxylation sites is 1. The minimum atomic E-state index is -4.15. The Labute approximate surface area is 445 Å². The monoisotopic (exact) mass is 1160 g/mol. The van der Waals surface area contributed by atoms with Crippen LogP contribution in [0.1, 0.15) is 38.5 Å². The van der Waals surface area contributed by atoms with E-state index >= 15 is 0 Å². The molecule has 7 aromatic rings. The molecule has 416 valence electrons. The van der Waals surface area contributed by atoms with E-state index in [-0.39, 0.29) is 72.3 Å². The van der Waals surface area contributed by atoms with Crippen LogP contribution >= 0.6 is 10.9 Å². The summed E-state index contributed by atoms with van der Waals surface area (Å²) >= 11 is 0. The Morgan fingerprint density at radius 3 is 1.08 bits per heavy atom. The smallest absolute Gasteiger partial charge is 0.385 e. The number of hydrogen-bond acceptors (Lipinski definition) is 21. The van der Waals surface area contributed by atoms with Gasteiger partial charge in [-0.3, -0.25) is 13.7 Å². The average Bonchev–Trinajstić information content (AvgIpc) is 3.34. The summed E-state index contributed by atoms with van der Waals surface area (Å²) in [6.45, 7) is 0. The number of aromatic carboxylic acids is 3. The number of hydrogen-bond donors (Lipinski definition) is 15. The summed E-state index contributed by atoms with van der Waals surface area (Å²) in [5.74, 6) is -4.43. The van der Waals surface area contributed by atoms with Crippen LogP contribution in [-0.4, -0.2) is 101 Å². The highest BCUT2D eigenvalue weighted by molar-refractivity contribution is 8.19. The number of phenols is 3. The summed E-state index contributed by atoms with van der Waals surface area (Å²) in [4.78, 5) is 33.7. The molecule has 0 aliphatic carbocycles. The van der Waals surface area contributed by atoms with Gasteiger partial charge in [-0.05, 0) is 133 Å². The van der Waals surface area contributed by atoms with Crippen molar-refractivity contribution in [2.24, 2.45) is 10.2 Å². The number of benzene rings is 7. The molecule has 0 bridgehead atoms. The first-order valence-electron chi connectivity index (χ1n) is 20.1. The Bertz CT molecular complexity index is 3510. The van der Waals surface area contributed by atoms with Gasteiger partial charge in [0.05, 0.1) is 31.0 Å². The zero-order chi connectivity index (χ0) is 58.5. The van der Waals surface area contributed by atoms with E-state index < -0.39 is 59.1 Å². The second kappa shape index (κ2) is 29.7. The van der Waals surface area contributed by atoms with Crippen molar-refractivity contribution in [2.75, 3.05) is 17.2 Å². The van der Waals surface area contributed by atoms with Crippen molar-refractivity contribution in [3.8, 4) is 17.2 Å². The lowest BCUT2D eigenvalue weighted by molar-refractivity contribution is 0.0682. The number of anilines is 3. The first-order chi connectivity index (χ1) is 35.6. The number of rotatable bonds is 9. The van der Waals surface area contributed by atoms with Crippen LogP contribution < -0.4 is 17.2 Å². The van der Waals surface area contributed by atoms with Gasteiger partial charge >= 0.3 is 23.6 Å². The van der Waals surface area contributed by atoms with Crippen LogP contribution in [0.2, 0.25) is 0 Å². The lowest BCUT2D eigenvalue weighted by Crippen LogP contribution is -1.97. The van der Waals surface area contributed by atoms with E-state index in [1.807, 2.05) is 0 Å². The highest BCUT2D eigenvalue weighted by Crippen LogP contribution is 2.43. The zero-order valence-corrected chi connectivity index (χ0v) is 42.0. The molecule has 0 saturated carbocycles. The molecular formula is C46H48N7O21S4+. The van der Waals surface area contributed by atoms with Gasteiger partial charge in [0.1, 0.15) is 44.8 Å². The van der Waals surface area contributed by atoms with E-state index in [1.165, 1.54) is 133 Å². The van der Waals surface area contributed by atoms with Crippen molar-refractivity contribution < 1.29 is 97.6 Å². The average molecular weight is 1160 g/mol. The maximum atomic E-state index is 10.9. The van der Waals surface area contributed by atoms with Gasteiger partial charge in [0.25, 0.3) is 30.4 Å². The van der Waals surface area contributed by atoms with Crippen LogP contribution in [0.5, 0.6) is 17.2 Å². The molecule has 0 aliphatic heterocycles. The van der Waals surface area contributed by atoms with E-state index in [2.05, 4.69) is 15.2 Å². The lowest BCUT2D eigenvalue weighted by Gasteiger charge is -2.18. The fourth-order valence-electron chi connectivity index (χ4n) is 4.91. The van der Waals surface area contributed by atoms with Crippen LogP contribution in [-0.2, 0) is 30.4 Å². The van der Waals surface area contributed by atoms with Crippen molar-refractivity contribution >= 4 is 93.3 Å². The molecule has 0 amide bonds. The number of azo groups is 1. The molecule has 0 spiro atoms. The lowest BCUT2D eigenvalue weighted by atomic mass is 10.2. The van der Waals surface area contributed by atoms with E-state index in [1.54, 1.807) is 12.1 Å². The Balaban J connectivity index is 0.000000481. The second-order valence-electron chi connectivity index (χ2n) is 14.3. The predicted octanol–water partition coefficient (Wildman–Crippen LogP) is 8.94. The molecule has 0 fully saturated rings. The number of carbonyl (C=O) groups is 3. The summed E-state index contributed by atoms with van der Waals surface area (Å²) in [7, 11) is -16.1. The Morgan fingerprint density at radius 2 is 0.731 bits per heavy atom. The molecule has 0 heterocycles. The summed E-state index contributed by atoms with van der Waals surface area (Å²) in [5.41, 5.74) is 17.4. The number of nitrogens with two attached hydrogens (primary N) is 3. The van der Waals surface area contributed by atoms with Gasteiger partial charge in [-0.2, -0.15) is 35.5 Å². The molecule has 28 nitrogen and oxygen atoms in total. The predicted molar refractivity (Wildman–Crippen MR) is 283 cm³/mol. The van der Waals surface area contributed by atoms with Crippen molar-refractivity contribution in [2.45, 2.75) is 27.0 Å². The van der Waals surface area contributed by atoms with Crippen LogP contribution in [0.15, 0.2) is 188 Å². The second-order valence-corrected chi connectivity index (χ2v) is 20.1. The maximum Gasteiger partial charge on any atom is 0.385 e. The quantitative estimate of drug-likeness (QED) is 0.0211. The van der Waals surface area contributed by atoms with Crippen LogP contribution in [0.3, 0.4) is 0 Å². The summed E-state index contributed by atoms with van der Waals surface area (Å²) in [5, 5.41) is 68.9. The van der Waals surface area contributed by atoms with E-state index in [4.69, 9.17) is 75.4 Å². The number of carboxylic acids is 3. The van der Waals surface area contributed by atoms with Crippen LogP contribution in [0.4, 0.5) is 34.1 Å². The van der Waals surface area contributed by atoms with Gasteiger partial charge in [0.15, 0.2) is 4.98 Å². The summed E-state index contributed by atoms with van der Waals surface area (Å²) < 4.78 is 116. The molecule has 18 N–H and O–H groups in total. The third kappa shape index (κ3) is 23.5. The molecule has 0 aliphatic rings. The zero-order valence-electron chi connectivity index (χ0n) is 38.7. The fourth-order valence-corrected chi connectivity index (χ4v) is 6.85. The van der Waals surface area contributed by atoms with Gasteiger partial charge in [0, 0.05) is 29.2 Å². The maximum absolute atomic E-state index is 10.9. The van der Waals surface area contributed by atoms with E-state index in [0.29, 0.717) is 22.7 Å². The fraction of sp³-hybridized carbons (Fsp3) is 0.0217. The van der Waals surface area contributed by atoms with Gasteiger partial charge in [-0.1, -0.05) is 19.6 Å². The van der Waals surface area contributed by atoms with Crippen molar-refractivity contribution in [1.82, 2.24) is 0 Å². The van der Waals surface area contributed by atoms with Gasteiger partial charge < -0.3 is 61.5 Å². The molecule has 32 heteroatoms. The van der Waals surface area contributed by atoms with Crippen molar-refractivity contribution in [3.05, 3.63) is 179 Å². The van der Waals surface area contributed by atoms with Crippen LogP contribution in [0, 0.1) is 5.39 Å². The Kier molecular flexibility index (Phi) is 25.4. The highest BCUT2D eigenvalue weighted by Gasteiger charge is 2.16. The number of aromatic hydroxyl groups is 3. The Hall–Kier alpha value is -9.27. The van der Waals surface area contributed by atoms with Crippen molar-refractivity contribution in [3.63, 3.8) is 0 Å². The molecule has 78 heavy (non-hydrogen) atoms. The SMILES string of the molecule is C.N#[N+]c1ccc(S(=O)(=O)O)cc1.Nc1ccc(O)c(C(=O)O)c1.Nc1ccc(S(=O)(=O)O)cc1.Nc1ccc(S(=O)(=O)O)cc1.O=C(O)c1cc(N=Nc2ccc(S(O)(O)O)cc2)ccc1O.O=C(O)c1ccccc1O. The van der Waals surface area contributed by atoms with E-state index in [0.717, 1.165) is 12.1 Å². The Morgan fingerprint density at radius 1 is 0.410 bits per heavy atom. The summed E-state index contributed by atoms with van der Waals surface area (Å²) in [6.07, 6.45) is 0. The molecule has 0 saturated heterocycles. The van der Waals surface area contributed by atoms with Gasteiger partial charge in [-0.25, -0.2) is 14.4 Å². The number of nitrogen functional groups attached to an aromatic ring is 3. The highest BCUT2D eigenvalue weighted by atomic mass is 32.3. The minimum Gasteiger partial charge on any atom is -0.507 e. The summed E-state index contributed by atoms with van der Waals surface area (Å²) in [6, 6.07) is 34.2. The molecular weight excluding hydrogens is 1110 g/mol. The topological polar surface area (TPSA) is 527 Å². The third-order valence-corrected chi connectivity index (χ3v) is 12.1. The van der Waals surface area contributed by atoms with Crippen molar-refractivity contribution in [1.29, 1.82) is 5.39 Å². The van der Waals surface area contributed by atoms with Gasteiger partial charge in [-0.15, -0.1) is 0 Å². The van der Waals surface area contributed by atoms with Gasteiger partial charge in [0.2, 0.25) is 5.39 Å². The molecule has 7 aromatic carbocycles. The molecule has 0 unspecified atom stereocenters. The third-order valence-electron chi connectivity index (χ3n) is 8.64. The minimum absolute atomic E-state index is 0. The molecule has 0 atom stereocenters. The van der Waals surface area contributed by atoms with E-state index in [9.17, 15) is 44.7 Å². The van der Waals surface area contributed by atoms with Crippen LogP contribution in [0.25, 0.3) is 4.98 Å². The first kappa shape index (κ1) is 66.7. The number of nitrogens with zero attached hydrogens (tertiary/aromatic N) is 4. The first-order valence-corrected chi connectivity index (χ1v) is 26.0. The number of diazo groups is 1. The molecule has 0 radical (unpaired) electrons. The molecule has 7 rings (SSSR count). The normalized spacial score (nSPS) is 10.9. The standard InChI is InChI=1S/C13H12N2O6S.C7H7NO3.C7H6O3.C6H4N2O3S.2C6H7NO3S.CH4/c16-12-6-3-9(7-11(12)13(17)18)15-14-8-1-4-10(5-2-8)22(19,20)21;8-4-1-2-6(9)5(3-4)7(10)11;8-6-4-2-1-3-5(6)7(9)10;7-8-5-1-3-6(4-2-5)12(9,10)11;2*7-5-1-3-6(4-2-5)11(8,9)10;/h1-7,16,19-21H,(H,17,18);1-3,9H,8H2,(H,10,11);1-4,8H,(H,9,10);1-4H;2*1-4H,7H2,(H,8,9,10);1H4/p+1. The molecule has 0 aromatic heterocycles. The number of carboxylic acid groups (broad SMARTS) is 3.